The molecule has 8 nitrogen and oxygen atoms in total. The number of hydrogen-bond donors (Lipinski definition) is 1. The highest BCUT2D eigenvalue weighted by Crippen LogP contribution is 2.31. The van der Waals surface area contributed by atoms with Crippen molar-refractivity contribution in [1.82, 2.24) is 0 Å². The minimum Gasteiger partial charge on any atom is -0.482 e. The zero-order valence-corrected chi connectivity index (χ0v) is 12.7. The van der Waals surface area contributed by atoms with E-state index in [9.17, 15) is 19.7 Å². The van der Waals surface area contributed by atoms with Crippen LogP contribution in [-0.2, 0) is 4.79 Å². The Labute approximate surface area is 140 Å². The monoisotopic (exact) mass is 341 g/mol. The largest absolute Gasteiger partial charge is 0.482 e. The molecular formula is C17H11NO7. The number of fused-ring (bicyclic) bond motifs is 1. The maximum atomic E-state index is 11.8. The molecule has 0 aliphatic carbocycles. The first-order chi connectivity index (χ1) is 11.9. The average Bonchev–Trinajstić information content (AvgIpc) is 2.59. The van der Waals surface area contributed by atoms with Gasteiger partial charge in [-0.3, -0.25) is 10.1 Å². The Morgan fingerprint density at radius 3 is 2.72 bits per heavy atom. The van der Waals surface area contributed by atoms with E-state index in [1.165, 1.54) is 36.4 Å². The summed E-state index contributed by atoms with van der Waals surface area (Å²) in [5.41, 5.74) is 0.424. The molecule has 0 unspecified atom stereocenters. The third kappa shape index (κ3) is 3.47. The summed E-state index contributed by atoms with van der Waals surface area (Å²) in [6.45, 7) is -0.527. The van der Waals surface area contributed by atoms with E-state index in [0.717, 1.165) is 0 Å². The van der Waals surface area contributed by atoms with Gasteiger partial charge in [0.05, 0.1) is 4.92 Å². The van der Waals surface area contributed by atoms with Crippen LogP contribution in [0.25, 0.3) is 22.1 Å². The fraction of sp³-hybridized carbons (Fsp3) is 0.0588. The summed E-state index contributed by atoms with van der Waals surface area (Å²) in [6, 6.07) is 11.7. The van der Waals surface area contributed by atoms with Crippen molar-refractivity contribution in [3.63, 3.8) is 0 Å². The van der Waals surface area contributed by atoms with Gasteiger partial charge in [-0.1, -0.05) is 12.1 Å². The number of nitrogens with zero attached hydrogens (tertiary/aromatic N) is 1. The first kappa shape index (κ1) is 16.2. The molecule has 0 amide bonds. The number of rotatable bonds is 5. The van der Waals surface area contributed by atoms with Crippen LogP contribution in [0.1, 0.15) is 0 Å². The third-order valence-electron chi connectivity index (χ3n) is 3.45. The topological polar surface area (TPSA) is 120 Å². The fourth-order valence-corrected chi connectivity index (χ4v) is 2.40. The van der Waals surface area contributed by atoms with Gasteiger partial charge >= 0.3 is 11.6 Å². The molecule has 1 N–H and O–H groups in total. The highest BCUT2D eigenvalue weighted by Gasteiger charge is 2.13. The maximum Gasteiger partial charge on any atom is 0.341 e. The summed E-state index contributed by atoms with van der Waals surface area (Å²) in [6.07, 6.45) is 0. The number of carboxylic acids is 1. The first-order valence-electron chi connectivity index (χ1n) is 7.11. The van der Waals surface area contributed by atoms with E-state index >= 15 is 0 Å². The summed E-state index contributed by atoms with van der Waals surface area (Å²) in [5.74, 6) is -0.902. The smallest absolute Gasteiger partial charge is 0.341 e. The molecule has 1 heterocycles. The highest BCUT2D eigenvalue weighted by molar-refractivity contribution is 5.94. The lowest BCUT2D eigenvalue weighted by atomic mass is 10.0. The van der Waals surface area contributed by atoms with E-state index in [-0.39, 0.29) is 17.0 Å². The molecule has 3 aromatic rings. The van der Waals surface area contributed by atoms with Crippen molar-refractivity contribution in [3.05, 3.63) is 69.1 Å². The number of nitro benzene ring substituents is 1. The number of aliphatic carboxylic acids is 1. The molecular weight excluding hydrogens is 330 g/mol. The SMILES string of the molecule is O=C(O)COc1ccc2c(-c3cccc([N+](=O)[O-])c3)cc(=O)oc2c1. The van der Waals surface area contributed by atoms with E-state index in [2.05, 4.69) is 0 Å². The molecule has 126 valence electrons. The van der Waals surface area contributed by atoms with Gasteiger partial charge in [-0.2, -0.15) is 0 Å². The van der Waals surface area contributed by atoms with Gasteiger partial charge in [0.1, 0.15) is 11.3 Å². The molecule has 2 aromatic carbocycles. The number of hydrogen-bond acceptors (Lipinski definition) is 6. The Balaban J connectivity index is 2.12. The van der Waals surface area contributed by atoms with Crippen molar-refractivity contribution in [1.29, 1.82) is 0 Å². The van der Waals surface area contributed by atoms with E-state index < -0.39 is 23.1 Å². The van der Waals surface area contributed by atoms with Crippen LogP contribution >= 0.6 is 0 Å². The second kappa shape index (κ2) is 6.44. The Kier molecular flexibility index (Phi) is 4.17. The Bertz CT molecular complexity index is 1040. The molecule has 3 rings (SSSR count). The standard InChI is InChI=1S/C17H11NO7/c19-16(20)9-24-12-4-5-13-14(8-17(21)25-15(13)7-12)10-2-1-3-11(6-10)18(22)23/h1-8H,9H2,(H,19,20). The van der Waals surface area contributed by atoms with Crippen molar-refractivity contribution >= 4 is 22.6 Å². The van der Waals surface area contributed by atoms with Gasteiger partial charge in [0, 0.05) is 35.2 Å². The minimum absolute atomic E-state index is 0.0969. The molecule has 0 aliphatic heterocycles. The number of carboxylic acid groups (broad SMARTS) is 1. The van der Waals surface area contributed by atoms with Crippen LogP contribution in [0.4, 0.5) is 5.69 Å². The van der Waals surface area contributed by atoms with Crippen molar-refractivity contribution in [2.24, 2.45) is 0 Å². The summed E-state index contributed by atoms with van der Waals surface area (Å²) >= 11 is 0. The second-order valence-corrected chi connectivity index (χ2v) is 5.13. The molecule has 0 saturated heterocycles. The lowest BCUT2D eigenvalue weighted by Gasteiger charge is -2.08. The van der Waals surface area contributed by atoms with E-state index in [1.807, 2.05) is 0 Å². The molecule has 25 heavy (non-hydrogen) atoms. The first-order valence-corrected chi connectivity index (χ1v) is 7.11. The van der Waals surface area contributed by atoms with Gasteiger partial charge in [0.25, 0.3) is 5.69 Å². The molecule has 0 aliphatic rings. The Morgan fingerprint density at radius 1 is 1.20 bits per heavy atom. The van der Waals surface area contributed by atoms with Gasteiger partial charge < -0.3 is 14.3 Å². The van der Waals surface area contributed by atoms with Gasteiger partial charge in [0.2, 0.25) is 0 Å². The van der Waals surface area contributed by atoms with E-state index in [1.54, 1.807) is 12.1 Å². The van der Waals surface area contributed by atoms with Gasteiger partial charge in [-0.05, 0) is 17.7 Å². The van der Waals surface area contributed by atoms with Gasteiger partial charge in [-0.25, -0.2) is 9.59 Å². The van der Waals surface area contributed by atoms with Crippen LogP contribution in [0.15, 0.2) is 57.7 Å². The van der Waals surface area contributed by atoms with Gasteiger partial charge in [0.15, 0.2) is 6.61 Å². The minimum atomic E-state index is -1.13. The lowest BCUT2D eigenvalue weighted by Crippen LogP contribution is -2.09. The second-order valence-electron chi connectivity index (χ2n) is 5.13. The molecule has 0 saturated carbocycles. The normalized spacial score (nSPS) is 10.6. The van der Waals surface area contributed by atoms with Crippen LogP contribution in [0, 0.1) is 10.1 Å². The summed E-state index contributed by atoms with van der Waals surface area (Å²) < 4.78 is 10.2. The third-order valence-corrected chi connectivity index (χ3v) is 3.45. The number of carbonyl (C=O) groups is 1. The lowest BCUT2D eigenvalue weighted by molar-refractivity contribution is -0.384. The zero-order valence-electron chi connectivity index (χ0n) is 12.7. The predicted molar refractivity (Wildman–Crippen MR) is 87.7 cm³/mol. The number of non-ortho nitro benzene ring substituents is 1. The molecule has 0 radical (unpaired) electrons. The summed E-state index contributed by atoms with van der Waals surface area (Å²) in [7, 11) is 0. The van der Waals surface area contributed by atoms with Crippen LogP contribution < -0.4 is 10.4 Å². The number of nitro groups is 1. The number of benzene rings is 2. The molecule has 0 spiro atoms. The van der Waals surface area contributed by atoms with Crippen molar-refractivity contribution < 1.29 is 24.0 Å². The van der Waals surface area contributed by atoms with Crippen LogP contribution in [0.2, 0.25) is 0 Å². The molecule has 8 heteroatoms. The number of ether oxygens (including phenoxy) is 1. The van der Waals surface area contributed by atoms with Crippen molar-refractivity contribution in [2.75, 3.05) is 6.61 Å². The average molecular weight is 341 g/mol. The van der Waals surface area contributed by atoms with Crippen LogP contribution in [-0.4, -0.2) is 22.6 Å². The molecule has 1 aromatic heterocycles. The molecule has 0 fully saturated rings. The highest BCUT2D eigenvalue weighted by atomic mass is 16.6. The summed E-state index contributed by atoms with van der Waals surface area (Å²) in [5, 5.41) is 20.1. The zero-order chi connectivity index (χ0) is 18.0. The molecule has 0 bridgehead atoms. The Morgan fingerprint density at radius 2 is 2.00 bits per heavy atom. The van der Waals surface area contributed by atoms with Crippen molar-refractivity contribution in [3.8, 4) is 16.9 Å². The Hall–Kier alpha value is -3.68. The van der Waals surface area contributed by atoms with E-state index in [4.69, 9.17) is 14.3 Å². The van der Waals surface area contributed by atoms with Crippen LogP contribution in [0.5, 0.6) is 5.75 Å². The predicted octanol–water partition coefficient (Wildman–Crippen LogP) is 2.83. The quantitative estimate of drug-likeness (QED) is 0.430. The van der Waals surface area contributed by atoms with Crippen molar-refractivity contribution in [2.45, 2.75) is 0 Å². The summed E-state index contributed by atoms with van der Waals surface area (Å²) in [4.78, 5) is 32.8. The van der Waals surface area contributed by atoms with Crippen LogP contribution in [0.3, 0.4) is 0 Å². The maximum absolute atomic E-state index is 11.8. The van der Waals surface area contributed by atoms with Gasteiger partial charge in [-0.15, -0.1) is 0 Å². The van der Waals surface area contributed by atoms with E-state index in [0.29, 0.717) is 16.5 Å². The fourth-order valence-electron chi connectivity index (χ4n) is 2.40. The molecule has 0 atom stereocenters.